The minimum atomic E-state index is -1.77. The minimum Gasteiger partial charge on any atom is -0.456 e. The fourth-order valence-electron chi connectivity index (χ4n) is 4.99. The topological polar surface area (TPSA) is 196 Å². The van der Waals surface area contributed by atoms with Crippen LogP contribution < -0.4 is 0 Å². The maximum Gasteiger partial charge on any atom is 0.306 e. The molecule has 10 atom stereocenters. The third kappa shape index (κ3) is 11.9. The summed E-state index contributed by atoms with van der Waals surface area (Å²) >= 11 is 0. The fourth-order valence-corrected chi connectivity index (χ4v) is 4.99. The summed E-state index contributed by atoms with van der Waals surface area (Å²) in [6.07, 6.45) is 4.55. The molecule has 0 saturated carbocycles. The van der Waals surface area contributed by atoms with E-state index in [1.165, 1.54) is 19.3 Å². The van der Waals surface area contributed by atoms with E-state index < -0.39 is 80.6 Å². The van der Waals surface area contributed by atoms with Crippen LogP contribution in [-0.2, 0) is 23.7 Å². The van der Waals surface area contributed by atoms with Gasteiger partial charge in [-0.15, -0.1) is 0 Å². The summed E-state index contributed by atoms with van der Waals surface area (Å²) in [5.74, 6) is -0.645. The molecule has 2 rings (SSSR count). The lowest BCUT2D eigenvalue weighted by atomic mass is 9.97. The molecular weight excluding hydrogens is 552 g/mol. The van der Waals surface area contributed by atoms with Crippen molar-refractivity contribution in [3.8, 4) is 0 Å². The second-order valence-corrected chi connectivity index (χ2v) is 11.0. The van der Waals surface area contributed by atoms with Gasteiger partial charge in [0, 0.05) is 6.42 Å². The average Bonchev–Trinajstić information content (AvgIpc) is 2.98. The van der Waals surface area contributed by atoms with Crippen LogP contribution in [0.1, 0.15) is 84.0 Å². The first-order chi connectivity index (χ1) is 20.2. The Bertz CT molecular complexity index is 790. The van der Waals surface area contributed by atoms with Gasteiger partial charge in [0.1, 0.15) is 42.7 Å². The zero-order valence-corrected chi connectivity index (χ0v) is 24.7. The first-order valence-corrected chi connectivity index (χ1v) is 15.3. The molecule has 2 aliphatic rings. The smallest absolute Gasteiger partial charge is 0.306 e. The van der Waals surface area contributed by atoms with Crippen molar-refractivity contribution in [1.82, 2.24) is 0 Å². The summed E-state index contributed by atoms with van der Waals surface area (Å²) in [4.78, 5) is 12.5. The van der Waals surface area contributed by atoms with Crippen LogP contribution in [0.3, 0.4) is 0 Å². The largest absolute Gasteiger partial charge is 0.456 e. The van der Waals surface area contributed by atoms with Crippen LogP contribution in [0.25, 0.3) is 0 Å². The van der Waals surface area contributed by atoms with E-state index in [2.05, 4.69) is 31.2 Å². The third-order valence-corrected chi connectivity index (χ3v) is 7.55. The summed E-state index contributed by atoms with van der Waals surface area (Å²) in [6.45, 7) is 0.807. The lowest BCUT2D eigenvalue weighted by Gasteiger charge is -2.45. The van der Waals surface area contributed by atoms with Crippen LogP contribution in [0, 0.1) is 0 Å². The van der Waals surface area contributed by atoms with Gasteiger partial charge in [0.15, 0.2) is 18.7 Å². The number of aliphatic hydroxyl groups excluding tert-OH is 7. The van der Waals surface area contributed by atoms with Crippen molar-refractivity contribution in [2.75, 3.05) is 13.2 Å². The van der Waals surface area contributed by atoms with E-state index in [9.17, 15) is 40.5 Å². The van der Waals surface area contributed by atoms with Gasteiger partial charge in [0.2, 0.25) is 0 Å². The molecule has 2 heterocycles. The quantitative estimate of drug-likeness (QED) is 0.0628. The van der Waals surface area contributed by atoms with Gasteiger partial charge < -0.3 is 54.7 Å². The molecule has 0 aromatic heterocycles. The zero-order valence-electron chi connectivity index (χ0n) is 24.7. The number of aliphatic hydroxyl groups is 7. The van der Waals surface area contributed by atoms with Gasteiger partial charge in [0.25, 0.3) is 0 Å². The Balaban J connectivity index is 1.72. The van der Waals surface area contributed by atoms with E-state index >= 15 is 0 Å². The molecule has 12 heteroatoms. The molecule has 7 N–H and O–H groups in total. The number of hydrogen-bond donors (Lipinski definition) is 7. The monoisotopic (exact) mass is 604 g/mol. The number of ether oxygens (including phenoxy) is 4. The Hall–Kier alpha value is -1.45. The summed E-state index contributed by atoms with van der Waals surface area (Å²) in [7, 11) is 0. The lowest BCUT2D eigenvalue weighted by molar-refractivity contribution is -0.355. The predicted octanol–water partition coefficient (Wildman–Crippen LogP) is 0.967. The number of allylic oxidation sites excluding steroid dienone is 4. The van der Waals surface area contributed by atoms with Crippen molar-refractivity contribution in [2.24, 2.45) is 0 Å². The van der Waals surface area contributed by atoms with Crippen molar-refractivity contribution in [3.05, 3.63) is 24.3 Å². The second kappa shape index (κ2) is 20.5. The van der Waals surface area contributed by atoms with E-state index in [4.69, 9.17) is 18.9 Å². The molecule has 0 aliphatic carbocycles. The zero-order chi connectivity index (χ0) is 30.9. The van der Waals surface area contributed by atoms with Crippen LogP contribution in [0.5, 0.6) is 0 Å². The number of hydrogen-bond acceptors (Lipinski definition) is 12. The maximum atomic E-state index is 12.5. The Morgan fingerprint density at radius 2 is 1.31 bits per heavy atom. The number of carbonyl (C=O) groups is 1. The highest BCUT2D eigenvalue weighted by atomic mass is 16.7. The highest BCUT2D eigenvalue weighted by molar-refractivity contribution is 5.69. The van der Waals surface area contributed by atoms with E-state index in [1.807, 2.05) is 0 Å². The molecule has 0 aromatic rings. The molecule has 0 amide bonds. The van der Waals surface area contributed by atoms with Gasteiger partial charge >= 0.3 is 5.97 Å². The minimum absolute atomic E-state index is 0.0719. The van der Waals surface area contributed by atoms with Crippen LogP contribution in [-0.4, -0.2) is 116 Å². The molecule has 0 aromatic carbocycles. The van der Waals surface area contributed by atoms with E-state index in [0.29, 0.717) is 6.42 Å². The Kier molecular flexibility index (Phi) is 17.9. The van der Waals surface area contributed by atoms with Crippen molar-refractivity contribution in [1.29, 1.82) is 0 Å². The Labute approximate surface area is 248 Å². The Morgan fingerprint density at radius 1 is 0.690 bits per heavy atom. The first kappa shape index (κ1) is 36.7. The van der Waals surface area contributed by atoms with Crippen LogP contribution in [0.2, 0.25) is 0 Å². The van der Waals surface area contributed by atoms with Gasteiger partial charge in [0.05, 0.1) is 13.2 Å². The van der Waals surface area contributed by atoms with Gasteiger partial charge in [-0.25, -0.2) is 0 Å². The molecule has 0 radical (unpaired) electrons. The third-order valence-electron chi connectivity index (χ3n) is 7.55. The normalized spacial score (nSPS) is 33.9. The molecule has 2 aliphatic heterocycles. The average molecular weight is 605 g/mol. The SMILES string of the molecule is CCCCCC=CCC=CCCCCCCCC(=O)O[C@@H]1[C@@H](O)[C@@H](O[C@H]2[C@H](O)[C@@H](O)[C@H](O)O[C@@H]2CO)O[C@H](CO)[C@H]1O. The molecule has 0 spiro atoms. The van der Waals surface area contributed by atoms with Gasteiger partial charge in [-0.3, -0.25) is 4.79 Å². The van der Waals surface area contributed by atoms with Crippen LogP contribution in [0.15, 0.2) is 24.3 Å². The van der Waals surface area contributed by atoms with E-state index in [0.717, 1.165) is 44.9 Å². The highest BCUT2D eigenvalue weighted by Gasteiger charge is 2.51. The summed E-state index contributed by atoms with van der Waals surface area (Å²) in [5.41, 5.74) is 0. The van der Waals surface area contributed by atoms with Crippen LogP contribution in [0.4, 0.5) is 0 Å². The predicted molar refractivity (Wildman–Crippen MR) is 152 cm³/mol. The van der Waals surface area contributed by atoms with Crippen LogP contribution >= 0.6 is 0 Å². The van der Waals surface area contributed by atoms with Crippen molar-refractivity contribution in [3.63, 3.8) is 0 Å². The highest BCUT2D eigenvalue weighted by Crippen LogP contribution is 2.30. The molecule has 244 valence electrons. The van der Waals surface area contributed by atoms with Gasteiger partial charge in [-0.2, -0.15) is 0 Å². The molecule has 2 saturated heterocycles. The van der Waals surface area contributed by atoms with E-state index in [1.54, 1.807) is 0 Å². The lowest BCUT2D eigenvalue weighted by Crippen LogP contribution is -2.65. The van der Waals surface area contributed by atoms with E-state index in [-0.39, 0.29) is 6.42 Å². The number of carbonyl (C=O) groups excluding carboxylic acids is 1. The fraction of sp³-hybridized carbons (Fsp3) is 0.833. The molecular formula is C30H52O12. The maximum absolute atomic E-state index is 12.5. The number of rotatable bonds is 19. The molecule has 0 unspecified atom stereocenters. The standard InChI is InChI=1S/C30H52O12/c1-2-3-4-5-6-7-8-9-10-11-12-13-14-15-16-17-22(33)41-28-23(34)20(18-31)40-30(26(28)37)42-27-21(19-32)39-29(38)25(36)24(27)35/h6-7,9-10,20-21,23-32,34-38H,2-5,8,11-19H2,1H3/t20-,21-,23-,24-,25-,26-,27-,28+,29-,30-/m1/s1. The second-order valence-electron chi connectivity index (χ2n) is 11.0. The summed E-state index contributed by atoms with van der Waals surface area (Å²) in [5, 5.41) is 70.4. The Morgan fingerprint density at radius 3 is 1.95 bits per heavy atom. The van der Waals surface area contributed by atoms with Crippen molar-refractivity contribution < 1.29 is 59.5 Å². The van der Waals surface area contributed by atoms with Gasteiger partial charge in [-0.1, -0.05) is 63.3 Å². The molecule has 12 nitrogen and oxygen atoms in total. The molecule has 42 heavy (non-hydrogen) atoms. The molecule has 2 fully saturated rings. The van der Waals surface area contributed by atoms with Crippen molar-refractivity contribution in [2.45, 2.75) is 145 Å². The molecule has 0 bridgehead atoms. The number of esters is 1. The summed E-state index contributed by atoms with van der Waals surface area (Å²) in [6, 6.07) is 0. The number of unbranched alkanes of at least 4 members (excludes halogenated alkanes) is 8. The summed E-state index contributed by atoms with van der Waals surface area (Å²) < 4.78 is 21.3. The van der Waals surface area contributed by atoms with Gasteiger partial charge in [-0.05, 0) is 38.5 Å². The van der Waals surface area contributed by atoms with Crippen molar-refractivity contribution >= 4 is 5.97 Å². The first-order valence-electron chi connectivity index (χ1n) is 15.3.